The first-order valence-electron chi connectivity index (χ1n) is 29.3. The molecule has 3 aromatic rings. The number of nitrogens with one attached hydrogen (secondary N) is 8. The van der Waals surface area contributed by atoms with E-state index in [2.05, 4.69) is 47.2 Å². The molecule has 8 amide bonds. The summed E-state index contributed by atoms with van der Waals surface area (Å²) in [7, 11) is 0. The summed E-state index contributed by atoms with van der Waals surface area (Å²) in [5.74, 6) is -7.57. The molecule has 83 heavy (non-hydrogen) atoms. The van der Waals surface area contributed by atoms with Crippen molar-refractivity contribution in [2.75, 3.05) is 13.1 Å². The minimum Gasteiger partial charge on any atom is -0.480 e. The van der Waals surface area contributed by atoms with Crippen LogP contribution in [0.3, 0.4) is 0 Å². The number of nitrogens with two attached hydrogens (primary N) is 3. The Bertz CT molecular complexity index is 2690. The number of hydrogen-bond acceptors (Lipinski definition) is 11. The summed E-state index contributed by atoms with van der Waals surface area (Å²) in [4.78, 5) is 136. The van der Waals surface area contributed by atoms with E-state index in [-0.39, 0.29) is 81.7 Å². The Hall–Kier alpha value is -7.56. The summed E-state index contributed by atoms with van der Waals surface area (Å²) in [5.41, 5.74) is 19.5. The molecule has 0 bridgehead atoms. The van der Waals surface area contributed by atoms with Gasteiger partial charge in [0, 0.05) is 43.0 Å². The maximum Gasteiger partial charge on any atom is 0.326 e. The lowest BCUT2D eigenvalue weighted by Crippen LogP contribution is -2.61. The summed E-state index contributed by atoms with van der Waals surface area (Å²) >= 11 is 0. The van der Waals surface area contributed by atoms with Crippen molar-refractivity contribution in [3.8, 4) is 0 Å². The fourth-order valence-corrected chi connectivity index (χ4v) is 10.1. The Kier molecular flexibility index (Phi) is 26.9. The lowest BCUT2D eigenvalue weighted by Gasteiger charge is -2.31. The van der Waals surface area contributed by atoms with Gasteiger partial charge in [-0.1, -0.05) is 124 Å². The summed E-state index contributed by atoms with van der Waals surface area (Å²) in [5, 5.41) is 30.4. The Labute approximate surface area is 488 Å². The van der Waals surface area contributed by atoms with Crippen molar-refractivity contribution in [2.24, 2.45) is 51.8 Å². The van der Waals surface area contributed by atoms with Crippen molar-refractivity contribution in [3.05, 3.63) is 71.9 Å². The molecule has 0 aliphatic carbocycles. The third-order valence-electron chi connectivity index (χ3n) is 14.8. The van der Waals surface area contributed by atoms with Gasteiger partial charge in [-0.05, 0) is 91.7 Å². The van der Waals surface area contributed by atoms with E-state index in [1.807, 2.05) is 72.7 Å². The van der Waals surface area contributed by atoms with Crippen LogP contribution >= 0.6 is 0 Å². The van der Waals surface area contributed by atoms with Gasteiger partial charge in [-0.2, -0.15) is 0 Å². The monoisotopic (exact) mass is 1160 g/mol. The molecule has 1 fully saturated rings. The van der Waals surface area contributed by atoms with Crippen LogP contribution in [-0.2, 0) is 56.0 Å². The maximum absolute atomic E-state index is 15.1. The second-order valence-corrected chi connectivity index (χ2v) is 23.6. The number of aliphatic carboxylic acids is 1. The number of amides is 8. The largest absolute Gasteiger partial charge is 0.480 e. The molecular weight excluding hydrogens is 1060 g/mol. The van der Waals surface area contributed by atoms with Crippen molar-refractivity contribution < 1.29 is 48.3 Å². The third-order valence-corrected chi connectivity index (χ3v) is 14.8. The van der Waals surface area contributed by atoms with E-state index in [4.69, 9.17) is 17.2 Å². The zero-order valence-electron chi connectivity index (χ0n) is 50.1. The molecular formula is C60H93N13O10. The van der Waals surface area contributed by atoms with Crippen LogP contribution < -0.4 is 54.4 Å². The summed E-state index contributed by atoms with van der Waals surface area (Å²) in [6.45, 7) is 18.6. The van der Waals surface area contributed by atoms with Gasteiger partial charge < -0.3 is 69.4 Å². The molecule has 23 nitrogen and oxygen atoms in total. The van der Waals surface area contributed by atoms with Gasteiger partial charge in [0.2, 0.25) is 47.3 Å². The van der Waals surface area contributed by atoms with E-state index in [9.17, 15) is 43.5 Å². The standard InChI is InChI=1S/C60H93N13O10/c1-11-37(10)50(72-55(78)45(29-35(6)7)68-52(75)44(28-34(4)5)67-51(74)41(61)27-33(2)3)57(80)70-47(31-39-32-65-42-22-16-15-21-40(39)42)54(77)69-46(30-38-19-13-12-14-20-38)53(76)66-43(23-17-25-64-60(62)63)58(81)73-26-18-24-48(73)56(79)71-49(36(8)9)59(82)83/h12-16,19-22,32-37,41,43-50,65H,11,17-18,23-31,61H2,1-10H3,(H,66,76)(H,67,74)(H,68,75)(H,69,77)(H,70,80)(H,71,79)(H,72,78)(H,82,83)(H4,62,63,64)/t37-,41-,43-,44-,45-,46-,47-,48-,49-,50-/m0/s1. The van der Waals surface area contributed by atoms with E-state index in [1.165, 1.54) is 4.90 Å². The first-order valence-corrected chi connectivity index (χ1v) is 29.3. The molecule has 15 N–H and O–H groups in total. The summed E-state index contributed by atoms with van der Waals surface area (Å²) in [6.07, 6.45) is 3.74. The van der Waals surface area contributed by atoms with E-state index >= 15 is 4.79 Å². The molecule has 0 radical (unpaired) electrons. The Morgan fingerprint density at radius 3 is 1.75 bits per heavy atom. The number of aliphatic imine (C=N–C) groups is 1. The van der Waals surface area contributed by atoms with Crippen LogP contribution in [-0.4, -0.2) is 142 Å². The van der Waals surface area contributed by atoms with Gasteiger partial charge in [0.25, 0.3) is 0 Å². The number of guanidine groups is 1. The van der Waals surface area contributed by atoms with Crippen LogP contribution in [0.1, 0.15) is 132 Å². The number of rotatable bonds is 33. The van der Waals surface area contributed by atoms with Crippen LogP contribution in [0.25, 0.3) is 10.9 Å². The molecule has 0 spiro atoms. The van der Waals surface area contributed by atoms with Crippen LogP contribution in [0.15, 0.2) is 65.8 Å². The van der Waals surface area contributed by atoms with Gasteiger partial charge in [0.1, 0.15) is 48.3 Å². The first kappa shape index (κ1) is 67.9. The molecule has 1 aliphatic rings. The lowest BCUT2D eigenvalue weighted by atomic mass is 9.95. The Morgan fingerprint density at radius 1 is 0.639 bits per heavy atom. The molecule has 1 aromatic heterocycles. The minimum atomic E-state index is -1.37. The highest BCUT2D eigenvalue weighted by atomic mass is 16.4. The number of carboxylic acids is 1. The smallest absolute Gasteiger partial charge is 0.326 e. The maximum atomic E-state index is 15.1. The first-order chi connectivity index (χ1) is 39.2. The molecule has 10 atom stereocenters. The van der Waals surface area contributed by atoms with Crippen molar-refractivity contribution in [1.82, 2.24) is 47.1 Å². The quantitative estimate of drug-likeness (QED) is 0.0237. The number of hydrogen-bond donors (Lipinski definition) is 12. The van der Waals surface area contributed by atoms with Crippen LogP contribution in [0.5, 0.6) is 0 Å². The number of carbonyl (C=O) groups is 9. The highest BCUT2D eigenvalue weighted by Gasteiger charge is 2.41. The van der Waals surface area contributed by atoms with E-state index in [0.29, 0.717) is 30.4 Å². The van der Waals surface area contributed by atoms with Crippen LogP contribution in [0.2, 0.25) is 0 Å². The predicted molar refractivity (Wildman–Crippen MR) is 319 cm³/mol. The summed E-state index contributed by atoms with van der Waals surface area (Å²) in [6, 6.07) is 5.81. The number of carboxylic acid groups (broad SMARTS) is 1. The SMILES string of the molecule is CC[C@H](C)[C@H](NC(=O)[C@H](CC(C)C)NC(=O)[C@H](CC(C)C)NC(=O)[C@@H](N)CC(C)C)C(=O)N[C@@H](Cc1c[nH]c2ccccc12)C(=O)N[C@@H](Cc1ccccc1)C(=O)N[C@@H](CCCN=C(N)N)C(=O)N1CCC[C@H]1C(=O)N[C@H](C(=O)O)C(C)C. The predicted octanol–water partition coefficient (Wildman–Crippen LogP) is 2.64. The molecule has 23 heteroatoms. The minimum absolute atomic E-state index is 0.00779. The highest BCUT2D eigenvalue weighted by Crippen LogP contribution is 2.23. The summed E-state index contributed by atoms with van der Waals surface area (Å²) < 4.78 is 0. The number of carbonyl (C=O) groups excluding carboxylic acids is 8. The number of H-pyrrole nitrogens is 1. The number of aromatic amines is 1. The molecule has 0 unspecified atom stereocenters. The fourth-order valence-electron chi connectivity index (χ4n) is 10.1. The van der Waals surface area contributed by atoms with Gasteiger partial charge in [-0.15, -0.1) is 0 Å². The number of benzene rings is 2. The number of fused-ring (bicyclic) bond motifs is 1. The van der Waals surface area contributed by atoms with Gasteiger partial charge >= 0.3 is 5.97 Å². The lowest BCUT2D eigenvalue weighted by molar-refractivity contribution is -0.146. The van der Waals surface area contributed by atoms with Crippen molar-refractivity contribution in [1.29, 1.82) is 0 Å². The van der Waals surface area contributed by atoms with Crippen molar-refractivity contribution >= 4 is 70.1 Å². The average Bonchev–Trinajstić information content (AvgIpc) is 4.34. The van der Waals surface area contributed by atoms with Gasteiger partial charge in [-0.3, -0.25) is 43.3 Å². The normalized spacial score (nSPS) is 16.6. The van der Waals surface area contributed by atoms with Crippen LogP contribution in [0.4, 0.5) is 0 Å². The molecule has 2 aromatic carbocycles. The number of nitrogens with zero attached hydrogens (tertiary/aromatic N) is 2. The Morgan fingerprint density at radius 2 is 1.17 bits per heavy atom. The molecule has 2 heterocycles. The molecule has 0 saturated carbocycles. The Balaban J connectivity index is 1.70. The van der Waals surface area contributed by atoms with Crippen LogP contribution in [0, 0.1) is 29.6 Å². The number of likely N-dealkylation sites (tertiary alicyclic amines) is 1. The van der Waals surface area contributed by atoms with Gasteiger partial charge in [-0.25, -0.2) is 4.79 Å². The number of aromatic nitrogens is 1. The average molecular weight is 1160 g/mol. The van der Waals surface area contributed by atoms with Crippen molar-refractivity contribution in [3.63, 3.8) is 0 Å². The number of para-hydroxylation sites is 1. The zero-order chi connectivity index (χ0) is 61.7. The van der Waals surface area contributed by atoms with Crippen molar-refractivity contribution in [2.45, 2.75) is 188 Å². The van der Waals surface area contributed by atoms with Gasteiger partial charge in [0.15, 0.2) is 5.96 Å². The fraction of sp³-hybridized carbons (Fsp3) is 0.600. The molecule has 458 valence electrons. The third kappa shape index (κ3) is 21.3. The van der Waals surface area contributed by atoms with E-state index < -0.39 is 119 Å². The molecule has 1 aliphatic heterocycles. The topological polar surface area (TPSA) is 368 Å². The van der Waals surface area contributed by atoms with E-state index in [0.717, 1.165) is 10.9 Å². The highest BCUT2D eigenvalue weighted by molar-refractivity contribution is 5.99. The molecule has 1 saturated heterocycles. The zero-order valence-corrected chi connectivity index (χ0v) is 50.1. The molecule has 4 rings (SSSR count). The second kappa shape index (κ2) is 32.9. The second-order valence-electron chi connectivity index (χ2n) is 23.6. The van der Waals surface area contributed by atoms with Gasteiger partial charge in [0.05, 0.1) is 6.04 Å². The van der Waals surface area contributed by atoms with E-state index in [1.54, 1.807) is 57.3 Å².